The number of nitrogens with zero attached hydrogens (tertiary/aromatic N) is 1. The first-order chi connectivity index (χ1) is 9.70. The Hall–Kier alpha value is -1.50. The van der Waals surface area contributed by atoms with E-state index in [0.29, 0.717) is 27.1 Å². The molecule has 8 heteroatoms. The van der Waals surface area contributed by atoms with Crippen LogP contribution in [0.15, 0.2) is 29.2 Å². The highest BCUT2D eigenvalue weighted by atomic mass is 35.5. The molecule has 1 aromatic carbocycles. The molecule has 0 spiro atoms. The quantitative estimate of drug-likeness (QED) is 0.659. The third kappa shape index (κ3) is 3.40. The lowest BCUT2D eigenvalue weighted by atomic mass is 10.2. The lowest BCUT2D eigenvalue weighted by Gasteiger charge is -2.13. The molecular formula is C13H13Cl2N3O2S. The summed E-state index contributed by atoms with van der Waals surface area (Å²) < 4.78 is 27.4. The van der Waals surface area contributed by atoms with Crippen molar-refractivity contribution < 1.29 is 8.42 Å². The number of benzene rings is 1. The number of aryl methyl sites for hydroxylation is 2. The predicted molar refractivity (Wildman–Crippen MR) is 85.4 cm³/mol. The van der Waals surface area contributed by atoms with Gasteiger partial charge in [0.2, 0.25) is 0 Å². The summed E-state index contributed by atoms with van der Waals surface area (Å²) in [6.07, 6.45) is 0. The van der Waals surface area contributed by atoms with Gasteiger partial charge in [-0.1, -0.05) is 23.2 Å². The van der Waals surface area contributed by atoms with E-state index >= 15 is 0 Å². The van der Waals surface area contributed by atoms with E-state index in [1.807, 2.05) is 0 Å². The SMILES string of the molecule is Cc1cc(Cl)c(N)cc1S(=O)(=O)Nc1ccc(Cl)nc1C. The molecule has 0 amide bonds. The molecule has 21 heavy (non-hydrogen) atoms. The normalized spacial score (nSPS) is 11.4. The van der Waals surface area contributed by atoms with Gasteiger partial charge in [-0.3, -0.25) is 4.72 Å². The third-order valence-corrected chi connectivity index (χ3v) is 4.93. The van der Waals surface area contributed by atoms with Crippen molar-refractivity contribution in [2.24, 2.45) is 0 Å². The zero-order valence-corrected chi connectivity index (χ0v) is 13.6. The fraction of sp³-hybridized carbons (Fsp3) is 0.154. The highest BCUT2D eigenvalue weighted by molar-refractivity contribution is 7.92. The summed E-state index contributed by atoms with van der Waals surface area (Å²) in [6.45, 7) is 3.31. The topological polar surface area (TPSA) is 85.1 Å². The molecule has 0 saturated heterocycles. The van der Waals surface area contributed by atoms with Crippen LogP contribution >= 0.6 is 23.2 Å². The van der Waals surface area contributed by atoms with Crippen LogP contribution in [0.4, 0.5) is 11.4 Å². The van der Waals surface area contributed by atoms with Crippen LogP contribution in [0.2, 0.25) is 10.2 Å². The van der Waals surface area contributed by atoms with Gasteiger partial charge in [0.1, 0.15) is 5.15 Å². The van der Waals surface area contributed by atoms with Gasteiger partial charge in [0.05, 0.1) is 27.0 Å². The monoisotopic (exact) mass is 345 g/mol. The Morgan fingerprint density at radius 2 is 1.86 bits per heavy atom. The third-order valence-electron chi connectivity index (χ3n) is 2.88. The molecule has 0 radical (unpaired) electrons. The Balaban J connectivity index is 2.46. The lowest BCUT2D eigenvalue weighted by molar-refractivity contribution is 0.600. The van der Waals surface area contributed by atoms with Crippen molar-refractivity contribution in [1.82, 2.24) is 4.98 Å². The van der Waals surface area contributed by atoms with Crippen molar-refractivity contribution in [2.45, 2.75) is 18.7 Å². The predicted octanol–water partition coefficient (Wildman–Crippen LogP) is 3.39. The van der Waals surface area contributed by atoms with Gasteiger partial charge in [0.15, 0.2) is 0 Å². The number of nitrogen functional groups attached to an aromatic ring is 1. The average Bonchev–Trinajstić information content (AvgIpc) is 2.37. The summed E-state index contributed by atoms with van der Waals surface area (Å²) in [5, 5.41) is 0.609. The second-order valence-electron chi connectivity index (χ2n) is 4.51. The van der Waals surface area contributed by atoms with Crippen LogP contribution < -0.4 is 10.5 Å². The maximum Gasteiger partial charge on any atom is 0.262 e. The first-order valence-corrected chi connectivity index (χ1v) is 8.16. The number of nitrogens with two attached hydrogens (primary N) is 1. The lowest BCUT2D eigenvalue weighted by Crippen LogP contribution is -2.15. The van der Waals surface area contributed by atoms with Crippen molar-refractivity contribution in [2.75, 3.05) is 10.5 Å². The van der Waals surface area contributed by atoms with Gasteiger partial charge in [0.25, 0.3) is 10.0 Å². The summed E-state index contributed by atoms with van der Waals surface area (Å²) in [4.78, 5) is 4.07. The molecule has 0 saturated carbocycles. The second kappa shape index (κ2) is 5.71. The van der Waals surface area contributed by atoms with E-state index in [2.05, 4.69) is 9.71 Å². The molecule has 5 nitrogen and oxygen atoms in total. The van der Waals surface area contributed by atoms with E-state index in [0.717, 1.165) is 0 Å². The number of sulfonamides is 1. The first kappa shape index (κ1) is 15.9. The van der Waals surface area contributed by atoms with Gasteiger partial charge in [-0.25, -0.2) is 13.4 Å². The molecular weight excluding hydrogens is 333 g/mol. The van der Waals surface area contributed by atoms with Crippen LogP contribution in [-0.4, -0.2) is 13.4 Å². The highest BCUT2D eigenvalue weighted by Gasteiger charge is 2.19. The molecule has 0 unspecified atom stereocenters. The summed E-state index contributed by atoms with van der Waals surface area (Å²) in [7, 11) is -3.79. The van der Waals surface area contributed by atoms with Crippen LogP contribution in [-0.2, 0) is 10.0 Å². The number of rotatable bonds is 3. The first-order valence-electron chi connectivity index (χ1n) is 5.92. The zero-order valence-electron chi connectivity index (χ0n) is 11.3. The Kier molecular flexibility index (Phi) is 4.32. The van der Waals surface area contributed by atoms with Gasteiger partial charge in [0, 0.05) is 0 Å². The van der Waals surface area contributed by atoms with Crippen molar-refractivity contribution in [3.63, 3.8) is 0 Å². The smallest absolute Gasteiger partial charge is 0.262 e. The van der Waals surface area contributed by atoms with E-state index in [1.165, 1.54) is 18.2 Å². The number of hydrogen-bond donors (Lipinski definition) is 2. The van der Waals surface area contributed by atoms with E-state index in [1.54, 1.807) is 19.9 Å². The Bertz CT molecular complexity index is 807. The van der Waals surface area contributed by atoms with Crippen LogP contribution in [0.1, 0.15) is 11.3 Å². The summed E-state index contributed by atoms with van der Waals surface area (Å²) in [5.41, 5.74) is 7.21. The standard InChI is InChI=1S/C13H13Cl2N3O2S/c1-7-5-9(14)10(16)6-12(7)21(19,20)18-11-3-4-13(15)17-8(11)2/h3-6,18H,16H2,1-2H3. The van der Waals surface area contributed by atoms with Gasteiger partial charge in [-0.2, -0.15) is 0 Å². The van der Waals surface area contributed by atoms with Crippen LogP contribution in [0.3, 0.4) is 0 Å². The van der Waals surface area contributed by atoms with Gasteiger partial charge < -0.3 is 5.73 Å². The molecule has 2 rings (SSSR count). The summed E-state index contributed by atoms with van der Waals surface area (Å²) >= 11 is 11.6. The molecule has 3 N–H and O–H groups in total. The van der Waals surface area contributed by atoms with Crippen LogP contribution in [0.5, 0.6) is 0 Å². The summed E-state index contributed by atoms with van der Waals surface area (Å²) in [5.74, 6) is 0. The Morgan fingerprint density at radius 3 is 2.48 bits per heavy atom. The highest BCUT2D eigenvalue weighted by Crippen LogP contribution is 2.28. The fourth-order valence-electron chi connectivity index (χ4n) is 1.80. The van der Waals surface area contributed by atoms with Crippen LogP contribution in [0, 0.1) is 13.8 Å². The van der Waals surface area contributed by atoms with E-state index in [4.69, 9.17) is 28.9 Å². The maximum atomic E-state index is 12.5. The van der Waals surface area contributed by atoms with E-state index in [9.17, 15) is 8.42 Å². The van der Waals surface area contributed by atoms with Crippen molar-refractivity contribution in [3.8, 4) is 0 Å². The maximum absolute atomic E-state index is 12.5. The molecule has 0 aliphatic carbocycles. The Morgan fingerprint density at radius 1 is 1.19 bits per heavy atom. The van der Waals surface area contributed by atoms with E-state index < -0.39 is 10.0 Å². The van der Waals surface area contributed by atoms with Gasteiger partial charge in [-0.05, 0) is 43.7 Å². The number of halogens is 2. The fourth-order valence-corrected chi connectivity index (χ4v) is 3.58. The number of pyridine rings is 1. The Labute approximate surface area is 133 Å². The molecule has 0 fully saturated rings. The van der Waals surface area contributed by atoms with Gasteiger partial charge >= 0.3 is 0 Å². The number of anilines is 2. The molecule has 1 aromatic heterocycles. The number of hydrogen-bond acceptors (Lipinski definition) is 4. The molecule has 0 atom stereocenters. The van der Waals surface area contributed by atoms with Crippen molar-refractivity contribution >= 4 is 44.6 Å². The average molecular weight is 346 g/mol. The molecule has 0 bridgehead atoms. The minimum absolute atomic E-state index is 0.0683. The number of aromatic nitrogens is 1. The molecule has 2 aromatic rings. The molecule has 0 aliphatic rings. The molecule has 0 aliphatic heterocycles. The van der Waals surface area contributed by atoms with Crippen molar-refractivity contribution in [1.29, 1.82) is 0 Å². The molecule has 112 valence electrons. The number of nitrogens with one attached hydrogen (secondary N) is 1. The largest absolute Gasteiger partial charge is 0.397 e. The second-order valence-corrected chi connectivity index (χ2v) is 6.96. The summed E-state index contributed by atoms with van der Waals surface area (Å²) in [6, 6.07) is 5.91. The van der Waals surface area contributed by atoms with Gasteiger partial charge in [-0.15, -0.1) is 0 Å². The minimum Gasteiger partial charge on any atom is -0.397 e. The molecule has 1 heterocycles. The minimum atomic E-state index is -3.79. The zero-order chi connectivity index (χ0) is 15.8. The van der Waals surface area contributed by atoms with E-state index in [-0.39, 0.29) is 10.6 Å². The van der Waals surface area contributed by atoms with Crippen molar-refractivity contribution in [3.05, 3.63) is 45.7 Å². The van der Waals surface area contributed by atoms with Crippen LogP contribution in [0.25, 0.3) is 0 Å².